The first-order valence-electron chi connectivity index (χ1n) is 10.7. The van der Waals surface area contributed by atoms with Crippen molar-refractivity contribution in [1.82, 2.24) is 5.32 Å². The summed E-state index contributed by atoms with van der Waals surface area (Å²) >= 11 is 0. The monoisotopic (exact) mass is 372 g/mol. The molecule has 1 fully saturated rings. The summed E-state index contributed by atoms with van der Waals surface area (Å²) in [6, 6.07) is 0. The number of carbonyl (C=O) groups is 2. The summed E-state index contributed by atoms with van der Waals surface area (Å²) in [5.41, 5.74) is 0. The standard InChI is InChI=1S/C16H36P.C5H7NO2/c1-5-9-13-17(14-10-6-2,15-11-7-3)16-12-8-4;7-4-2-1-3-5(8)6-4/h5-16H2,1-4H3;1-3H2,(H,6,7,8)/q+1;. The van der Waals surface area contributed by atoms with Crippen LogP contribution in [0.15, 0.2) is 0 Å². The molecule has 3 nitrogen and oxygen atoms in total. The van der Waals surface area contributed by atoms with Gasteiger partial charge in [-0.3, -0.25) is 14.9 Å². The first-order chi connectivity index (χ1) is 12.0. The molecule has 0 saturated carbocycles. The Bertz CT molecular complexity index is 306. The first kappa shape index (κ1) is 24.6. The van der Waals surface area contributed by atoms with Crippen molar-refractivity contribution in [2.24, 2.45) is 0 Å². The third-order valence-corrected chi connectivity index (χ3v) is 10.1. The highest BCUT2D eigenvalue weighted by Crippen LogP contribution is 2.61. The van der Waals surface area contributed by atoms with Crippen LogP contribution in [0, 0.1) is 0 Å². The van der Waals surface area contributed by atoms with E-state index in [-0.39, 0.29) is 11.8 Å². The van der Waals surface area contributed by atoms with Crippen molar-refractivity contribution in [3.8, 4) is 0 Å². The molecule has 25 heavy (non-hydrogen) atoms. The quantitative estimate of drug-likeness (QED) is 0.336. The van der Waals surface area contributed by atoms with Crippen LogP contribution in [-0.2, 0) is 9.59 Å². The van der Waals surface area contributed by atoms with Gasteiger partial charge in [0.15, 0.2) is 0 Å². The lowest BCUT2D eigenvalue weighted by Gasteiger charge is -2.28. The third kappa shape index (κ3) is 12.5. The summed E-state index contributed by atoms with van der Waals surface area (Å²) in [7, 11) is -0.562. The summed E-state index contributed by atoms with van der Waals surface area (Å²) in [4.78, 5) is 20.7. The fourth-order valence-corrected chi connectivity index (χ4v) is 8.62. The Labute approximate surface area is 157 Å². The van der Waals surface area contributed by atoms with Gasteiger partial charge in [-0.25, -0.2) is 0 Å². The van der Waals surface area contributed by atoms with E-state index in [1.807, 2.05) is 0 Å². The highest BCUT2D eigenvalue weighted by atomic mass is 31.2. The average molecular weight is 373 g/mol. The smallest absolute Gasteiger partial charge is 0.226 e. The highest BCUT2D eigenvalue weighted by Gasteiger charge is 2.34. The number of nitrogens with one attached hydrogen (secondary N) is 1. The maximum atomic E-state index is 10.3. The number of hydrogen-bond donors (Lipinski definition) is 1. The second kappa shape index (κ2) is 15.8. The van der Waals surface area contributed by atoms with Gasteiger partial charge in [0.05, 0.1) is 24.6 Å². The summed E-state index contributed by atoms with van der Waals surface area (Å²) in [5.74, 6) is -0.275. The normalized spacial score (nSPS) is 14.7. The fraction of sp³-hybridized carbons (Fsp3) is 0.905. The molecule has 1 heterocycles. The van der Waals surface area contributed by atoms with E-state index in [0.29, 0.717) is 19.3 Å². The van der Waals surface area contributed by atoms with Crippen LogP contribution in [0.4, 0.5) is 0 Å². The number of hydrogen-bond acceptors (Lipinski definition) is 2. The lowest BCUT2D eigenvalue weighted by atomic mass is 10.1. The second-order valence-corrected chi connectivity index (χ2v) is 11.9. The number of imide groups is 1. The van der Waals surface area contributed by atoms with Gasteiger partial charge in [-0.2, -0.15) is 0 Å². The van der Waals surface area contributed by atoms with Gasteiger partial charge in [0.2, 0.25) is 11.8 Å². The molecule has 0 atom stereocenters. The van der Waals surface area contributed by atoms with E-state index in [2.05, 4.69) is 33.0 Å². The third-order valence-electron chi connectivity index (χ3n) is 5.03. The Kier molecular flexibility index (Phi) is 15.5. The molecule has 0 aliphatic carbocycles. The van der Waals surface area contributed by atoms with Gasteiger partial charge in [-0.05, 0) is 32.1 Å². The highest BCUT2D eigenvalue weighted by molar-refractivity contribution is 7.75. The predicted octanol–water partition coefficient (Wildman–Crippen LogP) is 6.02. The average Bonchev–Trinajstić information content (AvgIpc) is 2.61. The second-order valence-electron chi connectivity index (χ2n) is 7.48. The van der Waals surface area contributed by atoms with Crippen LogP contribution >= 0.6 is 7.26 Å². The van der Waals surface area contributed by atoms with Gasteiger partial charge in [-0.15, -0.1) is 0 Å². The molecule has 1 aliphatic rings. The topological polar surface area (TPSA) is 46.2 Å². The van der Waals surface area contributed by atoms with Gasteiger partial charge < -0.3 is 0 Å². The van der Waals surface area contributed by atoms with Gasteiger partial charge in [-0.1, -0.05) is 53.4 Å². The van der Waals surface area contributed by atoms with E-state index in [1.54, 1.807) is 24.6 Å². The summed E-state index contributed by atoms with van der Waals surface area (Å²) in [6.07, 6.45) is 19.7. The van der Waals surface area contributed by atoms with Crippen molar-refractivity contribution in [2.75, 3.05) is 24.6 Å². The van der Waals surface area contributed by atoms with Gasteiger partial charge in [0, 0.05) is 20.1 Å². The Balaban J connectivity index is 0.000000593. The Hall–Kier alpha value is -0.430. The number of rotatable bonds is 12. The zero-order chi connectivity index (χ0) is 19.0. The molecule has 4 heteroatoms. The molecule has 0 spiro atoms. The molecule has 0 bridgehead atoms. The molecular formula is C21H43NO2P+. The molecule has 0 unspecified atom stereocenters. The lowest BCUT2D eigenvalue weighted by molar-refractivity contribution is -0.132. The number of piperidine rings is 1. The van der Waals surface area contributed by atoms with Crippen molar-refractivity contribution < 1.29 is 9.59 Å². The Morgan fingerprint density at radius 1 is 0.680 bits per heavy atom. The molecule has 148 valence electrons. The minimum atomic E-state index is -0.562. The maximum Gasteiger partial charge on any atom is 0.226 e. The first-order valence-corrected chi connectivity index (χ1v) is 13.2. The lowest BCUT2D eigenvalue weighted by Crippen LogP contribution is -2.33. The van der Waals surface area contributed by atoms with Crippen LogP contribution in [0.25, 0.3) is 0 Å². The molecule has 0 radical (unpaired) electrons. The van der Waals surface area contributed by atoms with Gasteiger partial charge >= 0.3 is 0 Å². The van der Waals surface area contributed by atoms with Crippen molar-refractivity contribution >= 4 is 19.1 Å². The fourth-order valence-electron chi connectivity index (χ4n) is 3.33. The van der Waals surface area contributed by atoms with Crippen molar-refractivity contribution in [3.05, 3.63) is 0 Å². The van der Waals surface area contributed by atoms with Crippen LogP contribution < -0.4 is 5.32 Å². The van der Waals surface area contributed by atoms with Crippen LogP contribution in [0.2, 0.25) is 0 Å². The van der Waals surface area contributed by atoms with E-state index < -0.39 is 7.26 Å². The van der Waals surface area contributed by atoms with Gasteiger partial charge in [0.1, 0.15) is 0 Å². The molecule has 0 aromatic carbocycles. The van der Waals surface area contributed by atoms with E-state index in [1.165, 1.54) is 51.4 Å². The molecule has 0 aromatic heterocycles. The van der Waals surface area contributed by atoms with Gasteiger partial charge in [0.25, 0.3) is 0 Å². The van der Waals surface area contributed by atoms with E-state index in [4.69, 9.17) is 0 Å². The van der Waals surface area contributed by atoms with Crippen molar-refractivity contribution in [2.45, 2.75) is 98.3 Å². The summed E-state index contributed by atoms with van der Waals surface area (Å²) in [6.45, 7) is 9.42. The number of carbonyl (C=O) groups excluding carboxylic acids is 2. The van der Waals surface area contributed by atoms with Crippen LogP contribution in [0.5, 0.6) is 0 Å². The molecular weight excluding hydrogens is 329 g/mol. The number of unbranched alkanes of at least 4 members (excludes halogenated alkanes) is 4. The van der Waals surface area contributed by atoms with Crippen LogP contribution in [0.3, 0.4) is 0 Å². The van der Waals surface area contributed by atoms with E-state index >= 15 is 0 Å². The molecule has 1 aliphatic heterocycles. The summed E-state index contributed by atoms with van der Waals surface area (Å²) < 4.78 is 0. The minimum Gasteiger partial charge on any atom is -0.296 e. The molecule has 1 N–H and O–H groups in total. The molecule has 1 rings (SSSR count). The minimum absolute atomic E-state index is 0.138. The van der Waals surface area contributed by atoms with Crippen LogP contribution in [-0.4, -0.2) is 36.5 Å². The number of amides is 2. The zero-order valence-electron chi connectivity index (χ0n) is 17.4. The zero-order valence-corrected chi connectivity index (χ0v) is 18.3. The molecule has 0 aromatic rings. The Morgan fingerprint density at radius 2 is 1.00 bits per heavy atom. The summed E-state index contributed by atoms with van der Waals surface area (Å²) in [5, 5.41) is 2.20. The largest absolute Gasteiger partial charge is 0.296 e. The Morgan fingerprint density at radius 3 is 1.20 bits per heavy atom. The molecule has 1 saturated heterocycles. The SMILES string of the molecule is CCCC[P+](CCCC)(CCCC)CCCC.O=C1CCCC(=O)N1. The molecule has 2 amide bonds. The maximum absolute atomic E-state index is 10.3. The van der Waals surface area contributed by atoms with E-state index in [0.717, 1.165) is 0 Å². The van der Waals surface area contributed by atoms with Crippen molar-refractivity contribution in [3.63, 3.8) is 0 Å². The van der Waals surface area contributed by atoms with E-state index in [9.17, 15) is 9.59 Å². The van der Waals surface area contributed by atoms with Crippen molar-refractivity contribution in [1.29, 1.82) is 0 Å². The van der Waals surface area contributed by atoms with Crippen LogP contribution in [0.1, 0.15) is 98.3 Å². The predicted molar refractivity (Wildman–Crippen MR) is 113 cm³/mol.